The average molecular weight is 382 g/mol. The Morgan fingerprint density at radius 1 is 1.12 bits per heavy atom. The Labute approximate surface area is 157 Å². The molecule has 0 saturated heterocycles. The van der Waals surface area contributed by atoms with Gasteiger partial charge < -0.3 is 5.32 Å². The van der Waals surface area contributed by atoms with Gasteiger partial charge in [-0.15, -0.1) is 21.5 Å². The first-order chi connectivity index (χ1) is 12.8. The third kappa shape index (κ3) is 3.53. The lowest BCUT2D eigenvalue weighted by atomic mass is 10.2. The molecule has 3 aromatic heterocycles. The highest BCUT2D eigenvalue weighted by molar-refractivity contribution is 7.99. The Hall–Kier alpha value is -2.91. The number of rotatable bonds is 6. The molecule has 0 saturated carbocycles. The summed E-state index contributed by atoms with van der Waals surface area (Å²) in [5.74, 6) is 0.797. The van der Waals surface area contributed by atoms with Gasteiger partial charge in [0.2, 0.25) is 11.1 Å². The van der Waals surface area contributed by atoms with Crippen molar-refractivity contribution < 1.29 is 4.79 Å². The smallest absolute Gasteiger partial charge is 0.236 e. The standard InChI is InChI=1S/C17H14N6OS2/c24-14(19-16-18-8-11-25-16)12-26-17-21-20-15(13-6-2-1-3-7-13)23(17)22-9-4-5-10-22/h1-11H,12H2,(H,18,19,24). The van der Waals surface area contributed by atoms with E-state index in [4.69, 9.17) is 0 Å². The molecule has 0 fully saturated rings. The van der Waals surface area contributed by atoms with Gasteiger partial charge in [0.15, 0.2) is 11.0 Å². The van der Waals surface area contributed by atoms with Crippen molar-refractivity contribution in [1.29, 1.82) is 0 Å². The number of anilines is 1. The highest BCUT2D eigenvalue weighted by atomic mass is 32.2. The molecule has 0 aliphatic carbocycles. The molecule has 0 aliphatic heterocycles. The van der Waals surface area contributed by atoms with E-state index in [1.165, 1.54) is 23.1 Å². The van der Waals surface area contributed by atoms with Gasteiger partial charge >= 0.3 is 0 Å². The molecule has 0 spiro atoms. The maximum absolute atomic E-state index is 12.1. The summed E-state index contributed by atoms with van der Waals surface area (Å²) < 4.78 is 3.78. The van der Waals surface area contributed by atoms with E-state index in [0.717, 1.165) is 5.56 Å². The summed E-state index contributed by atoms with van der Waals surface area (Å²) in [4.78, 5) is 16.2. The summed E-state index contributed by atoms with van der Waals surface area (Å²) in [7, 11) is 0. The van der Waals surface area contributed by atoms with Gasteiger partial charge in [0.05, 0.1) is 5.75 Å². The number of nitrogens with zero attached hydrogens (tertiary/aromatic N) is 5. The van der Waals surface area contributed by atoms with E-state index in [1.54, 1.807) is 6.20 Å². The predicted octanol–water partition coefficient (Wildman–Crippen LogP) is 3.25. The minimum atomic E-state index is -0.131. The number of thiazole rings is 1. The van der Waals surface area contributed by atoms with Crippen LogP contribution in [0.5, 0.6) is 0 Å². The fraction of sp³-hybridized carbons (Fsp3) is 0.0588. The van der Waals surface area contributed by atoms with Gasteiger partial charge in [0.1, 0.15) is 0 Å². The van der Waals surface area contributed by atoms with Gasteiger partial charge in [-0.25, -0.2) is 9.66 Å². The third-order valence-electron chi connectivity index (χ3n) is 3.47. The average Bonchev–Trinajstić information content (AvgIpc) is 3.41. The lowest BCUT2D eigenvalue weighted by molar-refractivity contribution is -0.113. The largest absolute Gasteiger partial charge is 0.301 e. The first kappa shape index (κ1) is 16.6. The summed E-state index contributed by atoms with van der Waals surface area (Å²) in [6.45, 7) is 0. The fourth-order valence-electron chi connectivity index (χ4n) is 2.36. The lowest BCUT2D eigenvalue weighted by Crippen LogP contribution is -2.15. The van der Waals surface area contributed by atoms with Crippen molar-refractivity contribution in [3.63, 3.8) is 0 Å². The lowest BCUT2D eigenvalue weighted by Gasteiger charge is -2.11. The molecule has 0 atom stereocenters. The molecule has 1 amide bonds. The molecule has 0 radical (unpaired) electrons. The Morgan fingerprint density at radius 3 is 2.65 bits per heavy atom. The predicted molar refractivity (Wildman–Crippen MR) is 102 cm³/mol. The van der Waals surface area contributed by atoms with Crippen molar-refractivity contribution in [1.82, 2.24) is 24.5 Å². The number of nitrogens with one attached hydrogen (secondary N) is 1. The highest BCUT2D eigenvalue weighted by Crippen LogP contribution is 2.24. The van der Waals surface area contributed by atoms with Crippen LogP contribution in [0.4, 0.5) is 5.13 Å². The second-order valence-corrected chi connectivity index (χ2v) is 7.06. The van der Waals surface area contributed by atoms with Crippen LogP contribution in [0.15, 0.2) is 71.6 Å². The number of thioether (sulfide) groups is 1. The first-order valence-electron chi connectivity index (χ1n) is 7.78. The van der Waals surface area contributed by atoms with Crippen molar-refractivity contribution in [3.05, 3.63) is 66.4 Å². The summed E-state index contributed by atoms with van der Waals surface area (Å²) >= 11 is 2.71. The molecule has 9 heteroatoms. The van der Waals surface area contributed by atoms with E-state index in [-0.39, 0.29) is 11.7 Å². The van der Waals surface area contributed by atoms with Gasteiger partial charge in [-0.3, -0.25) is 9.47 Å². The minimum Gasteiger partial charge on any atom is -0.301 e. The summed E-state index contributed by atoms with van der Waals surface area (Å²) in [6, 6.07) is 13.7. The molecule has 3 heterocycles. The van der Waals surface area contributed by atoms with Crippen LogP contribution in [0.25, 0.3) is 11.4 Å². The molecular weight excluding hydrogens is 368 g/mol. The van der Waals surface area contributed by atoms with Crippen molar-refractivity contribution in [2.45, 2.75) is 5.16 Å². The van der Waals surface area contributed by atoms with Crippen LogP contribution in [-0.2, 0) is 4.79 Å². The maximum atomic E-state index is 12.1. The Bertz CT molecular complexity index is 980. The highest BCUT2D eigenvalue weighted by Gasteiger charge is 2.17. The Kier molecular flexibility index (Phi) is 4.80. The summed E-state index contributed by atoms with van der Waals surface area (Å²) in [6.07, 6.45) is 5.48. The molecule has 1 N–H and O–H groups in total. The van der Waals surface area contributed by atoms with E-state index >= 15 is 0 Å². The van der Waals surface area contributed by atoms with E-state index in [2.05, 4.69) is 20.5 Å². The van der Waals surface area contributed by atoms with E-state index in [1.807, 2.05) is 69.6 Å². The monoisotopic (exact) mass is 382 g/mol. The summed E-state index contributed by atoms with van der Waals surface area (Å²) in [5.41, 5.74) is 0.952. The van der Waals surface area contributed by atoms with Crippen molar-refractivity contribution >= 4 is 34.1 Å². The van der Waals surface area contributed by atoms with Crippen molar-refractivity contribution in [3.8, 4) is 11.4 Å². The zero-order chi connectivity index (χ0) is 17.8. The molecule has 4 rings (SSSR count). The second kappa shape index (κ2) is 7.54. The zero-order valence-electron chi connectivity index (χ0n) is 13.5. The molecule has 26 heavy (non-hydrogen) atoms. The molecular formula is C17H14N6OS2. The molecule has 7 nitrogen and oxygen atoms in total. The number of hydrogen-bond acceptors (Lipinski definition) is 6. The van der Waals surface area contributed by atoms with Crippen molar-refractivity contribution in [2.75, 3.05) is 11.1 Å². The van der Waals surface area contributed by atoms with Crippen LogP contribution in [0.3, 0.4) is 0 Å². The number of benzene rings is 1. The fourth-order valence-corrected chi connectivity index (χ4v) is 3.64. The van der Waals surface area contributed by atoms with E-state index in [0.29, 0.717) is 16.1 Å². The molecule has 0 aliphatic rings. The number of carbonyl (C=O) groups is 1. The Balaban J connectivity index is 1.58. The molecule has 4 aromatic rings. The SMILES string of the molecule is O=C(CSc1nnc(-c2ccccc2)n1-n1cccc1)Nc1nccs1. The van der Waals surface area contributed by atoms with Crippen LogP contribution >= 0.6 is 23.1 Å². The maximum Gasteiger partial charge on any atom is 0.236 e. The molecule has 0 unspecified atom stereocenters. The normalized spacial score (nSPS) is 10.8. The minimum absolute atomic E-state index is 0.131. The van der Waals surface area contributed by atoms with Crippen molar-refractivity contribution in [2.24, 2.45) is 0 Å². The number of amides is 1. The third-order valence-corrected chi connectivity index (χ3v) is 5.08. The van der Waals surface area contributed by atoms with Gasteiger partial charge in [0, 0.05) is 29.5 Å². The van der Waals surface area contributed by atoms with Crippen LogP contribution in [0.2, 0.25) is 0 Å². The van der Waals surface area contributed by atoms with Gasteiger partial charge in [-0.1, -0.05) is 42.1 Å². The van der Waals surface area contributed by atoms with E-state index in [9.17, 15) is 4.79 Å². The van der Waals surface area contributed by atoms with Gasteiger partial charge in [0.25, 0.3) is 0 Å². The first-order valence-corrected chi connectivity index (χ1v) is 9.64. The summed E-state index contributed by atoms with van der Waals surface area (Å²) in [5, 5.41) is 14.4. The second-order valence-electron chi connectivity index (χ2n) is 5.22. The number of aromatic nitrogens is 5. The topological polar surface area (TPSA) is 77.6 Å². The quantitative estimate of drug-likeness (QED) is 0.518. The Morgan fingerprint density at radius 2 is 1.92 bits per heavy atom. The van der Waals surface area contributed by atoms with Gasteiger partial charge in [-0.2, -0.15) is 0 Å². The number of hydrogen-bond donors (Lipinski definition) is 1. The zero-order valence-corrected chi connectivity index (χ0v) is 15.2. The van der Waals surface area contributed by atoms with Crippen LogP contribution in [0.1, 0.15) is 0 Å². The molecule has 1 aromatic carbocycles. The van der Waals surface area contributed by atoms with Crippen LogP contribution < -0.4 is 5.32 Å². The van der Waals surface area contributed by atoms with Gasteiger partial charge in [-0.05, 0) is 12.1 Å². The molecule has 0 bridgehead atoms. The van der Waals surface area contributed by atoms with Crippen LogP contribution in [-0.4, -0.2) is 36.2 Å². The van der Waals surface area contributed by atoms with Crippen LogP contribution in [0, 0.1) is 0 Å². The number of carbonyl (C=O) groups excluding carboxylic acids is 1. The molecule has 130 valence electrons. The van der Waals surface area contributed by atoms with E-state index < -0.39 is 0 Å².